The fraction of sp³-hybridized carbons (Fsp3) is 0.267. The third-order valence-electron chi connectivity index (χ3n) is 3.34. The first kappa shape index (κ1) is 13.6. The number of thiophene rings is 1. The summed E-state index contributed by atoms with van der Waals surface area (Å²) in [5.41, 5.74) is 2.21. The molecule has 0 saturated heterocycles. The molecular formula is C15H16BrN3S. The van der Waals surface area contributed by atoms with Crippen molar-refractivity contribution < 1.29 is 0 Å². The van der Waals surface area contributed by atoms with Gasteiger partial charge in [0.05, 0.1) is 12.2 Å². The van der Waals surface area contributed by atoms with Crippen molar-refractivity contribution in [2.24, 2.45) is 0 Å². The van der Waals surface area contributed by atoms with Gasteiger partial charge >= 0.3 is 0 Å². The Labute approximate surface area is 131 Å². The van der Waals surface area contributed by atoms with Crippen LogP contribution in [0.4, 0.5) is 5.82 Å². The summed E-state index contributed by atoms with van der Waals surface area (Å²) >= 11 is 5.39. The van der Waals surface area contributed by atoms with Crippen LogP contribution in [0.2, 0.25) is 0 Å². The molecule has 0 aliphatic rings. The molecule has 0 amide bonds. The van der Waals surface area contributed by atoms with Crippen LogP contribution >= 0.6 is 27.3 Å². The van der Waals surface area contributed by atoms with Gasteiger partial charge in [0, 0.05) is 22.9 Å². The molecule has 0 N–H and O–H groups in total. The van der Waals surface area contributed by atoms with Crippen molar-refractivity contribution >= 4 is 38.7 Å². The molecule has 0 bridgehead atoms. The lowest BCUT2D eigenvalue weighted by molar-refractivity contribution is 0.822. The van der Waals surface area contributed by atoms with Crippen LogP contribution in [0.3, 0.4) is 0 Å². The third kappa shape index (κ3) is 2.47. The Hall–Kier alpha value is -1.33. The van der Waals surface area contributed by atoms with E-state index in [2.05, 4.69) is 61.9 Å². The van der Waals surface area contributed by atoms with Crippen molar-refractivity contribution in [1.29, 1.82) is 0 Å². The molecule has 20 heavy (non-hydrogen) atoms. The highest BCUT2D eigenvalue weighted by molar-refractivity contribution is 9.08. The molecule has 3 heterocycles. The number of hydrogen-bond donors (Lipinski definition) is 0. The van der Waals surface area contributed by atoms with Crippen LogP contribution in [0.15, 0.2) is 41.9 Å². The van der Waals surface area contributed by atoms with Crippen molar-refractivity contribution in [3.63, 3.8) is 0 Å². The van der Waals surface area contributed by atoms with E-state index in [0.29, 0.717) is 0 Å². The van der Waals surface area contributed by atoms with E-state index >= 15 is 0 Å². The minimum Gasteiger partial charge on any atom is -0.350 e. The van der Waals surface area contributed by atoms with Crippen LogP contribution in [0.25, 0.3) is 5.65 Å². The van der Waals surface area contributed by atoms with E-state index in [1.165, 1.54) is 10.6 Å². The zero-order valence-electron chi connectivity index (χ0n) is 11.3. The number of halogens is 1. The average molecular weight is 350 g/mol. The Morgan fingerprint density at radius 2 is 2.20 bits per heavy atom. The van der Waals surface area contributed by atoms with Gasteiger partial charge in [-0.25, -0.2) is 4.98 Å². The standard InChI is InChI=1S/C15H16BrN3S/c1-2-18(11-12-6-5-9-20-12)15-13(10-16)19-8-4-3-7-14(19)17-15/h3-9H,2,10-11H2,1H3. The summed E-state index contributed by atoms with van der Waals surface area (Å²) in [6.07, 6.45) is 2.07. The van der Waals surface area contributed by atoms with E-state index < -0.39 is 0 Å². The fourth-order valence-corrected chi connectivity index (χ4v) is 3.58. The predicted octanol–water partition coefficient (Wildman–Crippen LogP) is 4.32. The van der Waals surface area contributed by atoms with Gasteiger partial charge in [-0.05, 0) is 30.5 Å². The molecule has 0 saturated carbocycles. The van der Waals surface area contributed by atoms with Crippen LogP contribution in [-0.4, -0.2) is 15.9 Å². The number of rotatable bonds is 5. The Morgan fingerprint density at radius 3 is 2.90 bits per heavy atom. The van der Waals surface area contributed by atoms with Gasteiger partial charge in [-0.3, -0.25) is 0 Å². The van der Waals surface area contributed by atoms with E-state index in [9.17, 15) is 0 Å². The number of aromatic nitrogens is 2. The van der Waals surface area contributed by atoms with Gasteiger partial charge in [0.25, 0.3) is 0 Å². The van der Waals surface area contributed by atoms with E-state index in [4.69, 9.17) is 4.98 Å². The van der Waals surface area contributed by atoms with Crippen LogP contribution in [0.5, 0.6) is 0 Å². The fourth-order valence-electron chi connectivity index (χ4n) is 2.34. The monoisotopic (exact) mass is 349 g/mol. The minimum absolute atomic E-state index is 0.800. The first-order valence-corrected chi connectivity index (χ1v) is 8.63. The normalized spacial score (nSPS) is 11.1. The van der Waals surface area contributed by atoms with Crippen molar-refractivity contribution in [2.75, 3.05) is 11.4 Å². The van der Waals surface area contributed by atoms with Gasteiger partial charge in [0.15, 0.2) is 5.82 Å². The van der Waals surface area contributed by atoms with E-state index in [1.807, 2.05) is 12.1 Å². The van der Waals surface area contributed by atoms with Gasteiger partial charge in [0.1, 0.15) is 5.65 Å². The third-order valence-corrected chi connectivity index (χ3v) is 4.73. The first-order chi connectivity index (χ1) is 9.83. The number of hydrogen-bond acceptors (Lipinski definition) is 3. The first-order valence-electron chi connectivity index (χ1n) is 6.62. The van der Waals surface area contributed by atoms with Crippen LogP contribution in [-0.2, 0) is 11.9 Å². The smallest absolute Gasteiger partial charge is 0.152 e. The molecule has 0 aromatic carbocycles. The second kappa shape index (κ2) is 5.97. The molecule has 0 atom stereocenters. The van der Waals surface area contributed by atoms with Crippen LogP contribution in [0, 0.1) is 0 Å². The molecule has 3 aromatic rings. The van der Waals surface area contributed by atoms with Gasteiger partial charge in [-0.2, -0.15) is 0 Å². The summed E-state index contributed by atoms with van der Waals surface area (Å²) in [5, 5.41) is 2.92. The molecule has 0 fully saturated rings. The molecule has 0 aliphatic heterocycles. The summed E-state index contributed by atoms with van der Waals surface area (Å²) < 4.78 is 2.15. The van der Waals surface area contributed by atoms with Crippen molar-refractivity contribution in [3.05, 3.63) is 52.5 Å². The lowest BCUT2D eigenvalue weighted by atomic mass is 10.3. The van der Waals surface area contributed by atoms with Gasteiger partial charge in [-0.1, -0.05) is 28.1 Å². The Balaban J connectivity index is 2.02. The summed E-state index contributed by atoms with van der Waals surface area (Å²) in [4.78, 5) is 8.49. The van der Waals surface area contributed by atoms with Gasteiger partial charge in [-0.15, -0.1) is 11.3 Å². The van der Waals surface area contributed by atoms with Crippen LogP contribution in [0.1, 0.15) is 17.5 Å². The van der Waals surface area contributed by atoms with Crippen molar-refractivity contribution in [3.8, 4) is 0 Å². The highest BCUT2D eigenvalue weighted by Gasteiger charge is 2.16. The highest BCUT2D eigenvalue weighted by Crippen LogP contribution is 2.26. The molecule has 0 radical (unpaired) electrons. The molecular weight excluding hydrogens is 334 g/mol. The Kier molecular flexibility index (Phi) is 4.08. The summed E-state index contributed by atoms with van der Waals surface area (Å²) in [7, 11) is 0. The number of fused-ring (bicyclic) bond motifs is 1. The zero-order chi connectivity index (χ0) is 13.9. The Morgan fingerprint density at radius 1 is 1.30 bits per heavy atom. The summed E-state index contributed by atoms with van der Waals surface area (Å²) in [5.74, 6) is 1.07. The lowest BCUT2D eigenvalue weighted by Gasteiger charge is -2.21. The van der Waals surface area contributed by atoms with Crippen molar-refractivity contribution in [2.45, 2.75) is 18.8 Å². The quantitative estimate of drug-likeness (QED) is 0.639. The average Bonchev–Trinajstić information content (AvgIpc) is 3.11. The molecule has 3 aromatic heterocycles. The molecule has 0 spiro atoms. The van der Waals surface area contributed by atoms with Gasteiger partial charge < -0.3 is 9.30 Å². The molecule has 0 unspecified atom stereocenters. The molecule has 3 rings (SSSR count). The molecule has 0 aliphatic carbocycles. The number of anilines is 1. The van der Waals surface area contributed by atoms with E-state index in [0.717, 1.165) is 29.9 Å². The van der Waals surface area contributed by atoms with E-state index in [1.54, 1.807) is 11.3 Å². The summed E-state index contributed by atoms with van der Waals surface area (Å²) in [6, 6.07) is 10.4. The SMILES string of the molecule is CCN(Cc1cccs1)c1nc2ccccn2c1CBr. The number of nitrogens with zero attached hydrogens (tertiary/aromatic N) is 3. The highest BCUT2D eigenvalue weighted by atomic mass is 79.9. The number of imidazole rings is 1. The largest absolute Gasteiger partial charge is 0.350 e. The Bertz CT molecular complexity index is 690. The predicted molar refractivity (Wildman–Crippen MR) is 88.9 cm³/mol. The van der Waals surface area contributed by atoms with E-state index in [-0.39, 0.29) is 0 Å². The maximum absolute atomic E-state index is 4.80. The second-order valence-electron chi connectivity index (χ2n) is 4.54. The number of alkyl halides is 1. The molecule has 5 heteroatoms. The van der Waals surface area contributed by atoms with Gasteiger partial charge in [0.2, 0.25) is 0 Å². The zero-order valence-corrected chi connectivity index (χ0v) is 13.7. The van der Waals surface area contributed by atoms with Crippen LogP contribution < -0.4 is 4.90 Å². The minimum atomic E-state index is 0.800. The summed E-state index contributed by atoms with van der Waals surface area (Å²) in [6.45, 7) is 4.04. The molecule has 3 nitrogen and oxygen atoms in total. The maximum Gasteiger partial charge on any atom is 0.152 e. The molecule has 104 valence electrons. The second-order valence-corrected chi connectivity index (χ2v) is 6.13. The lowest BCUT2D eigenvalue weighted by Crippen LogP contribution is -2.23. The van der Waals surface area contributed by atoms with Crippen molar-refractivity contribution in [1.82, 2.24) is 9.38 Å². The maximum atomic E-state index is 4.80. The topological polar surface area (TPSA) is 20.5 Å². The number of pyridine rings is 1.